The van der Waals surface area contributed by atoms with Crippen LogP contribution in [0.4, 0.5) is 0 Å². The molecule has 1 N–H and O–H groups in total. The van der Waals surface area contributed by atoms with Crippen LogP contribution in [0.15, 0.2) is 48.6 Å². The first-order valence-electron chi connectivity index (χ1n) is 14.4. The number of hydrogen-bond donors (Lipinski definition) is 1. The Labute approximate surface area is 233 Å². The summed E-state index contributed by atoms with van der Waals surface area (Å²) in [6.45, 7) is 2.98. The Hall–Kier alpha value is -1.05. The van der Waals surface area contributed by atoms with Crippen LogP contribution in [0.25, 0.3) is 0 Å². The SMILES string of the molecule is CC/C=C\C/C=C\C/C=C\C/C=C\CCCCCCCCCOCC(O)COP(=O)([O-])OCC[N+](C)(C)C. The maximum absolute atomic E-state index is 11.7. The molecule has 0 fully saturated rings. The third-order valence-corrected chi connectivity index (χ3v) is 6.59. The van der Waals surface area contributed by atoms with Gasteiger partial charge < -0.3 is 28.3 Å². The number of nitrogens with zero attached hydrogens (tertiary/aromatic N) is 1. The third kappa shape index (κ3) is 29.5. The molecule has 0 rings (SSSR count). The summed E-state index contributed by atoms with van der Waals surface area (Å²) < 4.78 is 27.3. The number of allylic oxidation sites excluding steroid dienone is 8. The minimum Gasteiger partial charge on any atom is -0.756 e. The van der Waals surface area contributed by atoms with Crippen molar-refractivity contribution in [2.75, 3.05) is 54.1 Å². The molecule has 7 nitrogen and oxygen atoms in total. The van der Waals surface area contributed by atoms with E-state index in [2.05, 4.69) is 55.5 Å². The van der Waals surface area contributed by atoms with Gasteiger partial charge in [0.15, 0.2) is 0 Å². The largest absolute Gasteiger partial charge is 0.756 e. The van der Waals surface area contributed by atoms with E-state index in [1.165, 1.54) is 32.1 Å². The first kappa shape index (κ1) is 37.0. The van der Waals surface area contributed by atoms with E-state index in [4.69, 9.17) is 13.8 Å². The fraction of sp³-hybridized carbons (Fsp3) is 0.733. The van der Waals surface area contributed by atoms with Crippen molar-refractivity contribution in [3.05, 3.63) is 48.6 Å². The predicted molar refractivity (Wildman–Crippen MR) is 157 cm³/mol. The minimum absolute atomic E-state index is 0.0438. The first-order chi connectivity index (χ1) is 18.2. The number of aliphatic hydroxyl groups excluding tert-OH is 1. The van der Waals surface area contributed by atoms with Gasteiger partial charge in [-0.1, -0.05) is 87.6 Å². The van der Waals surface area contributed by atoms with Crippen molar-refractivity contribution in [2.45, 2.75) is 90.1 Å². The van der Waals surface area contributed by atoms with Gasteiger partial charge in [0, 0.05) is 6.61 Å². The second-order valence-corrected chi connectivity index (χ2v) is 12.0. The molecule has 0 spiro atoms. The van der Waals surface area contributed by atoms with E-state index in [1.807, 2.05) is 21.1 Å². The van der Waals surface area contributed by atoms with Gasteiger partial charge >= 0.3 is 0 Å². The summed E-state index contributed by atoms with van der Waals surface area (Å²) in [5.74, 6) is 0. The second-order valence-electron chi connectivity index (χ2n) is 10.6. The fourth-order valence-electron chi connectivity index (χ4n) is 3.36. The van der Waals surface area contributed by atoms with Crippen LogP contribution in [0.3, 0.4) is 0 Å². The third-order valence-electron chi connectivity index (χ3n) is 5.63. The predicted octanol–water partition coefficient (Wildman–Crippen LogP) is 6.50. The summed E-state index contributed by atoms with van der Waals surface area (Å²) in [6, 6.07) is 0. The van der Waals surface area contributed by atoms with Gasteiger partial charge in [-0.3, -0.25) is 4.57 Å². The van der Waals surface area contributed by atoms with Gasteiger partial charge in [0.25, 0.3) is 7.82 Å². The molecule has 0 aliphatic carbocycles. The highest BCUT2D eigenvalue weighted by molar-refractivity contribution is 7.45. The summed E-state index contributed by atoms with van der Waals surface area (Å²) in [4.78, 5) is 11.7. The number of phosphoric acid groups is 1. The highest BCUT2D eigenvalue weighted by Gasteiger charge is 2.15. The van der Waals surface area contributed by atoms with Crippen LogP contribution in [0, 0.1) is 0 Å². The van der Waals surface area contributed by atoms with Crippen LogP contribution >= 0.6 is 7.82 Å². The average molecular weight is 558 g/mol. The van der Waals surface area contributed by atoms with Gasteiger partial charge in [0.05, 0.1) is 34.4 Å². The van der Waals surface area contributed by atoms with E-state index in [-0.39, 0.29) is 19.8 Å². The van der Waals surface area contributed by atoms with E-state index < -0.39 is 13.9 Å². The van der Waals surface area contributed by atoms with Crippen molar-refractivity contribution in [3.8, 4) is 0 Å². The van der Waals surface area contributed by atoms with E-state index >= 15 is 0 Å². The zero-order valence-electron chi connectivity index (χ0n) is 24.6. The molecule has 8 heteroatoms. The zero-order valence-corrected chi connectivity index (χ0v) is 25.5. The topological polar surface area (TPSA) is 88.0 Å². The summed E-state index contributed by atoms with van der Waals surface area (Å²) in [5.41, 5.74) is 0. The zero-order chi connectivity index (χ0) is 28.4. The Morgan fingerprint density at radius 1 is 0.737 bits per heavy atom. The van der Waals surface area contributed by atoms with Crippen molar-refractivity contribution in [3.63, 3.8) is 0 Å². The number of quaternary nitrogens is 1. The number of phosphoric ester groups is 1. The van der Waals surface area contributed by atoms with Gasteiger partial charge in [-0.05, 0) is 44.9 Å². The molecule has 222 valence electrons. The molecule has 0 aliphatic rings. The number of ether oxygens (including phenoxy) is 1. The van der Waals surface area contributed by atoms with E-state index in [1.54, 1.807) is 0 Å². The highest BCUT2D eigenvalue weighted by Crippen LogP contribution is 2.38. The van der Waals surface area contributed by atoms with Gasteiger partial charge in [-0.15, -0.1) is 0 Å². The molecule has 0 radical (unpaired) electrons. The average Bonchev–Trinajstić information content (AvgIpc) is 2.85. The molecule has 0 aromatic carbocycles. The number of rotatable bonds is 26. The van der Waals surface area contributed by atoms with E-state index in [0.29, 0.717) is 17.6 Å². The van der Waals surface area contributed by atoms with Gasteiger partial charge in [-0.25, -0.2) is 0 Å². The monoisotopic (exact) mass is 557 g/mol. The van der Waals surface area contributed by atoms with Crippen LogP contribution in [0.2, 0.25) is 0 Å². The Morgan fingerprint density at radius 2 is 1.26 bits per heavy atom. The van der Waals surface area contributed by atoms with Crippen LogP contribution in [0.1, 0.15) is 84.0 Å². The van der Waals surface area contributed by atoms with Gasteiger partial charge in [0.2, 0.25) is 0 Å². The summed E-state index contributed by atoms with van der Waals surface area (Å²) in [6.07, 6.45) is 30.4. The second kappa shape index (κ2) is 25.0. The molecule has 38 heavy (non-hydrogen) atoms. The lowest BCUT2D eigenvalue weighted by atomic mass is 10.1. The normalized spacial score (nSPS) is 15.4. The Balaban J connectivity index is 3.48. The van der Waals surface area contributed by atoms with Gasteiger partial charge in [-0.2, -0.15) is 0 Å². The lowest BCUT2D eigenvalue weighted by Crippen LogP contribution is -2.37. The van der Waals surface area contributed by atoms with Crippen LogP contribution < -0.4 is 4.89 Å². The molecule has 0 heterocycles. The minimum atomic E-state index is -4.40. The molecule has 0 aromatic heterocycles. The number of unbranched alkanes of at least 4 members (excludes halogenated alkanes) is 7. The van der Waals surface area contributed by atoms with Crippen LogP contribution in [0.5, 0.6) is 0 Å². The maximum Gasteiger partial charge on any atom is 0.268 e. The van der Waals surface area contributed by atoms with Crippen molar-refractivity contribution in [2.24, 2.45) is 0 Å². The molecule has 0 aromatic rings. The Morgan fingerprint density at radius 3 is 1.84 bits per heavy atom. The van der Waals surface area contributed by atoms with Crippen LogP contribution in [-0.2, 0) is 18.3 Å². The molecule has 0 aliphatic heterocycles. The van der Waals surface area contributed by atoms with E-state index in [0.717, 1.165) is 44.9 Å². The lowest BCUT2D eigenvalue weighted by molar-refractivity contribution is -0.870. The molecular formula is C30H56NO6P. The maximum atomic E-state index is 11.7. The van der Waals surface area contributed by atoms with Crippen molar-refractivity contribution in [1.29, 1.82) is 0 Å². The quantitative estimate of drug-likeness (QED) is 0.0566. The summed E-state index contributed by atoms with van der Waals surface area (Å²) in [5, 5.41) is 9.85. The molecule has 0 bridgehead atoms. The molecule has 0 saturated heterocycles. The van der Waals surface area contributed by atoms with Crippen LogP contribution in [-0.4, -0.2) is 69.8 Å². The molecule has 0 amide bonds. The summed E-state index contributed by atoms with van der Waals surface area (Å²) >= 11 is 0. The fourth-order valence-corrected chi connectivity index (χ4v) is 4.09. The molecule has 2 unspecified atom stereocenters. The Bertz CT molecular complexity index is 699. The molecular weight excluding hydrogens is 501 g/mol. The number of aliphatic hydroxyl groups is 1. The molecule has 0 saturated carbocycles. The van der Waals surface area contributed by atoms with Gasteiger partial charge in [0.1, 0.15) is 19.3 Å². The molecule has 2 atom stereocenters. The van der Waals surface area contributed by atoms with Crippen molar-refractivity contribution in [1.82, 2.24) is 0 Å². The van der Waals surface area contributed by atoms with E-state index in [9.17, 15) is 14.6 Å². The highest BCUT2D eigenvalue weighted by atomic mass is 31.2. The number of likely N-dealkylation sites (N-methyl/N-ethyl adjacent to an activating group) is 1. The standard InChI is InChI=1S/C30H56NO6P/c1-5-6-7-8-9-10-11-12-13-14-15-16-17-18-19-20-21-22-23-24-26-35-28-30(32)29-37-38(33,34)36-27-25-31(2,3)4/h6-7,9-10,12-13,15-16,30,32H,5,8,11,14,17-29H2,1-4H3/b7-6-,10-9-,13-12-,16-15-. The summed E-state index contributed by atoms with van der Waals surface area (Å²) in [7, 11) is 1.42. The number of hydrogen-bond acceptors (Lipinski definition) is 6. The van der Waals surface area contributed by atoms with Crippen molar-refractivity contribution >= 4 is 7.82 Å². The Kier molecular flexibility index (Phi) is 24.3. The smallest absolute Gasteiger partial charge is 0.268 e. The lowest BCUT2D eigenvalue weighted by Gasteiger charge is -2.27. The first-order valence-corrected chi connectivity index (χ1v) is 15.9. The van der Waals surface area contributed by atoms with Crippen molar-refractivity contribution < 1.29 is 32.8 Å².